The Kier molecular flexibility index (Phi) is 8.30. The molecule has 7 rings (SSSR count). The van der Waals surface area contributed by atoms with Gasteiger partial charge in [0.25, 0.3) is 0 Å². The van der Waals surface area contributed by atoms with Crippen LogP contribution in [-0.2, 0) is 33.2 Å². The van der Waals surface area contributed by atoms with E-state index in [0.717, 1.165) is 19.4 Å². The number of aliphatic hydroxyl groups excluding tert-OH is 1. The van der Waals surface area contributed by atoms with Crippen molar-refractivity contribution < 1.29 is 70.1 Å². The fourth-order valence-electron chi connectivity index (χ4n) is 12.5. The predicted octanol–water partition coefficient (Wildman–Crippen LogP) is -3.13. The number of carbonyl (C=O) groups is 2. The maximum absolute atomic E-state index is 13.7. The molecule has 1 spiro atoms. The number of esters is 2. The van der Waals surface area contributed by atoms with E-state index in [1.165, 1.54) is 18.9 Å². The largest absolute Gasteiger partial charge is 1.00 e. The first-order valence-corrected chi connectivity index (χ1v) is 15.8. The van der Waals surface area contributed by atoms with E-state index in [0.29, 0.717) is 12.2 Å². The average Bonchev–Trinajstić information content (AvgIpc) is 3.39. The van der Waals surface area contributed by atoms with E-state index in [1.54, 1.807) is 45.6 Å². The van der Waals surface area contributed by atoms with E-state index in [2.05, 4.69) is 7.05 Å². The van der Waals surface area contributed by atoms with Gasteiger partial charge in [0.15, 0.2) is 5.60 Å². The van der Waals surface area contributed by atoms with Crippen molar-refractivity contribution in [2.24, 2.45) is 34.5 Å². The van der Waals surface area contributed by atoms with Crippen molar-refractivity contribution in [1.29, 1.82) is 0 Å². The van der Waals surface area contributed by atoms with Crippen molar-refractivity contribution in [3.63, 3.8) is 0 Å². The highest BCUT2D eigenvalue weighted by Gasteiger charge is 2.93. The van der Waals surface area contributed by atoms with Gasteiger partial charge in [-0.25, -0.2) is 4.79 Å². The van der Waals surface area contributed by atoms with Gasteiger partial charge in [0, 0.05) is 52.6 Å². The third kappa shape index (κ3) is 3.88. The number of aliphatic hydroxyl groups is 2. The van der Waals surface area contributed by atoms with Crippen LogP contribution in [0.2, 0.25) is 0 Å². The highest BCUT2D eigenvalue weighted by Crippen LogP contribution is 2.78. The molecular weight excluding hydrogens is 650 g/mol. The first-order valence-electron chi connectivity index (χ1n) is 15.8. The smallest absolute Gasteiger partial charge is 0.338 e. The van der Waals surface area contributed by atoms with Gasteiger partial charge in [-0.05, 0) is 37.3 Å². The van der Waals surface area contributed by atoms with E-state index >= 15 is 0 Å². The van der Waals surface area contributed by atoms with Crippen LogP contribution in [0.5, 0.6) is 0 Å². The van der Waals surface area contributed by atoms with Gasteiger partial charge in [0.1, 0.15) is 30.0 Å². The number of fused-ring (bicyclic) bond motifs is 2. The lowest BCUT2D eigenvalue weighted by Gasteiger charge is -2.67. The molecule has 5 aliphatic carbocycles. The van der Waals surface area contributed by atoms with Gasteiger partial charge in [-0.15, -0.1) is 0 Å². The second kappa shape index (κ2) is 11.2. The second-order valence-electron chi connectivity index (χ2n) is 14.3. The lowest BCUT2D eigenvalue weighted by Crippen LogP contribution is -3.20. The van der Waals surface area contributed by atoms with Crippen LogP contribution in [-0.4, -0.2) is 119 Å². The summed E-state index contributed by atoms with van der Waals surface area (Å²) in [6.07, 6.45) is -2.54. The van der Waals surface area contributed by atoms with Crippen molar-refractivity contribution in [2.75, 3.05) is 48.6 Å². The summed E-state index contributed by atoms with van der Waals surface area (Å²) in [4.78, 5) is 28.1. The number of methoxy groups -OCH3 is 4. The third-order valence-corrected chi connectivity index (χ3v) is 12.9. The molecular formula is C33H46BrNO10. The van der Waals surface area contributed by atoms with Gasteiger partial charge in [0.05, 0.1) is 49.3 Å². The molecule has 12 heteroatoms. The number of hydrogen-bond donors (Lipinski definition) is 3. The molecule has 8 unspecified atom stereocenters. The molecule has 250 valence electrons. The Balaban J connectivity index is 0.00000357. The molecule has 1 aromatic rings. The van der Waals surface area contributed by atoms with E-state index < -0.39 is 64.8 Å². The molecule has 6 aliphatic rings. The predicted molar refractivity (Wildman–Crippen MR) is 154 cm³/mol. The van der Waals surface area contributed by atoms with E-state index in [1.807, 2.05) is 6.07 Å². The Morgan fingerprint density at radius 2 is 1.73 bits per heavy atom. The summed E-state index contributed by atoms with van der Waals surface area (Å²) >= 11 is 0. The monoisotopic (exact) mass is 695 g/mol. The number of hydrogen-bond acceptors (Lipinski definition) is 10. The highest BCUT2D eigenvalue weighted by molar-refractivity contribution is 5.89. The zero-order valence-electron chi connectivity index (χ0n) is 26.7. The maximum Gasteiger partial charge on any atom is 0.338 e. The number of halogens is 1. The van der Waals surface area contributed by atoms with Gasteiger partial charge >= 0.3 is 11.9 Å². The fraction of sp³-hybridized carbons (Fsp3) is 0.758. The molecule has 1 aromatic carbocycles. The fourth-order valence-corrected chi connectivity index (χ4v) is 12.5. The molecule has 0 radical (unpaired) electrons. The molecule has 1 saturated heterocycles. The molecule has 15 atom stereocenters. The average molecular weight is 697 g/mol. The van der Waals surface area contributed by atoms with E-state index in [-0.39, 0.29) is 52.8 Å². The molecule has 11 nitrogen and oxygen atoms in total. The standard InChI is InChI=1S/C33H45NO10.BrH/c1-17(35)44-33-21-19(14-31(38,28(42-6)26(33)36)27(21)43-29(37)18-10-8-7-9-11-18)32-20(40-4)12-13-30(16-39-3)15-34(2)25(32)22(33)23(41-5)24(30)32;/h7-11,19-28,36,38H,12-16H2,1-6H3;1H/t19-,20?,21-,22?,23?,24-,25-,26?,27?,28+,30?,31+,32?,33-;/m1./s1. The molecule has 0 aromatic heterocycles. The minimum Gasteiger partial charge on any atom is -1.00 e. The van der Waals surface area contributed by atoms with Gasteiger partial charge in [-0.1, -0.05) is 18.2 Å². The number of piperidine rings is 1. The molecule has 3 N–H and O–H groups in total. The van der Waals surface area contributed by atoms with Crippen molar-refractivity contribution in [3.05, 3.63) is 35.9 Å². The molecule has 1 heterocycles. The van der Waals surface area contributed by atoms with Crippen LogP contribution in [0.15, 0.2) is 30.3 Å². The third-order valence-electron chi connectivity index (χ3n) is 12.9. The summed E-state index contributed by atoms with van der Waals surface area (Å²) in [5, 5.41) is 25.1. The van der Waals surface area contributed by atoms with Crippen molar-refractivity contribution in [3.8, 4) is 0 Å². The zero-order chi connectivity index (χ0) is 31.4. The Morgan fingerprint density at radius 3 is 2.33 bits per heavy atom. The Labute approximate surface area is 274 Å². The zero-order valence-corrected chi connectivity index (χ0v) is 28.3. The van der Waals surface area contributed by atoms with Gasteiger partial charge in [0.2, 0.25) is 0 Å². The van der Waals surface area contributed by atoms with Crippen LogP contribution >= 0.6 is 0 Å². The number of likely N-dealkylation sites (tertiary alicyclic amines) is 1. The summed E-state index contributed by atoms with van der Waals surface area (Å²) in [5.41, 5.74) is -3.82. The molecule has 6 fully saturated rings. The summed E-state index contributed by atoms with van der Waals surface area (Å²) in [6.45, 7) is 2.68. The normalized spacial score (nSPS) is 50.0. The first-order chi connectivity index (χ1) is 21.0. The topological polar surface area (TPSA) is 134 Å². The van der Waals surface area contributed by atoms with Crippen LogP contribution in [0.3, 0.4) is 0 Å². The number of rotatable bonds is 8. The van der Waals surface area contributed by atoms with Gasteiger partial charge in [-0.3, -0.25) is 4.79 Å². The minimum atomic E-state index is -1.75. The highest BCUT2D eigenvalue weighted by atomic mass is 79.9. The number of nitrogens with one attached hydrogen (secondary N) is 1. The van der Waals surface area contributed by atoms with E-state index in [9.17, 15) is 19.8 Å². The Bertz CT molecular complexity index is 1320. The second-order valence-corrected chi connectivity index (χ2v) is 14.3. The van der Waals surface area contributed by atoms with E-state index in [4.69, 9.17) is 28.4 Å². The number of carbonyl (C=O) groups excluding carboxylic acids is 2. The van der Waals surface area contributed by atoms with Gasteiger partial charge < -0.3 is 60.5 Å². The molecule has 1 aliphatic heterocycles. The Morgan fingerprint density at radius 1 is 1.02 bits per heavy atom. The Hall–Kier alpha value is -1.64. The van der Waals surface area contributed by atoms with Gasteiger partial charge in [-0.2, -0.15) is 0 Å². The molecule has 45 heavy (non-hydrogen) atoms. The molecule has 5 saturated carbocycles. The minimum absolute atomic E-state index is 0. The summed E-state index contributed by atoms with van der Waals surface area (Å²) in [6, 6.07) is 8.49. The lowest BCUT2D eigenvalue weighted by atomic mass is 9.43. The lowest BCUT2D eigenvalue weighted by molar-refractivity contribution is -0.936. The van der Waals surface area contributed by atoms with Crippen molar-refractivity contribution in [2.45, 2.75) is 73.9 Å². The first kappa shape index (κ1) is 33.3. The van der Waals surface area contributed by atoms with Crippen LogP contribution in [0.4, 0.5) is 0 Å². The maximum atomic E-state index is 13.7. The number of ether oxygens (including phenoxy) is 6. The molecule has 0 amide bonds. The van der Waals surface area contributed by atoms with Crippen LogP contribution in [0.1, 0.15) is 36.5 Å². The van der Waals surface area contributed by atoms with Crippen LogP contribution in [0, 0.1) is 34.5 Å². The van der Waals surface area contributed by atoms with Crippen LogP contribution in [0.25, 0.3) is 0 Å². The SMILES string of the molecule is COCC12CCC(OC)C34[C@@H]5C[C@]6(O)C(OC(=O)c7ccccc7)[C@@H]5[C@@](OC(C)=O)(C(C(OC)[C@H]13)[C@H]4[NH+](C)C2)C(O)[C@@H]6OC.[Br-]. The quantitative estimate of drug-likeness (QED) is 0.240. The number of quaternary nitrogens is 1. The molecule has 7 bridgehead atoms. The summed E-state index contributed by atoms with van der Waals surface area (Å²) in [7, 11) is 8.74. The number of benzene rings is 1. The van der Waals surface area contributed by atoms with Crippen molar-refractivity contribution in [1.82, 2.24) is 0 Å². The summed E-state index contributed by atoms with van der Waals surface area (Å²) < 4.78 is 37.6. The van der Waals surface area contributed by atoms with Crippen molar-refractivity contribution >= 4 is 11.9 Å². The van der Waals surface area contributed by atoms with Crippen LogP contribution < -0.4 is 21.9 Å². The summed E-state index contributed by atoms with van der Waals surface area (Å²) in [5.74, 6) is -2.85.